The molecule has 5 heteroatoms. The molecule has 0 heterocycles. The van der Waals surface area contributed by atoms with Gasteiger partial charge in [-0.05, 0) is 38.5 Å². The normalized spacial score (nSPS) is 16.9. The van der Waals surface area contributed by atoms with Crippen LogP contribution in [0.5, 0.6) is 0 Å². The van der Waals surface area contributed by atoms with Crippen LogP contribution >= 0.6 is 11.6 Å². The lowest BCUT2D eigenvalue weighted by molar-refractivity contribution is -0.140. The van der Waals surface area contributed by atoms with Crippen LogP contribution in [0.15, 0.2) is 23.8 Å². The Morgan fingerprint density at radius 1 is 1.40 bits per heavy atom. The Hall–Kier alpha value is -1.81. The van der Waals surface area contributed by atoms with Gasteiger partial charge in [0.25, 0.3) is 0 Å². The van der Waals surface area contributed by atoms with Crippen molar-refractivity contribution in [2.24, 2.45) is 0 Å². The van der Waals surface area contributed by atoms with Crippen LogP contribution in [0.3, 0.4) is 0 Å². The maximum absolute atomic E-state index is 12.5. The zero-order valence-electron chi connectivity index (χ0n) is 11.5. The fraction of sp³-hybridized carbons (Fsp3) is 0.333. The summed E-state index contributed by atoms with van der Waals surface area (Å²) in [5, 5.41) is 10.7. The van der Waals surface area contributed by atoms with E-state index in [2.05, 4.69) is 0 Å². The van der Waals surface area contributed by atoms with Gasteiger partial charge < -0.3 is 9.84 Å². The van der Waals surface area contributed by atoms with Crippen molar-refractivity contribution < 1.29 is 19.4 Å². The largest absolute Gasteiger partial charge is 0.506 e. The number of aliphatic hydroxyl groups excluding tert-OH is 1. The Morgan fingerprint density at radius 3 is 2.65 bits per heavy atom. The first-order valence-electron chi connectivity index (χ1n) is 6.26. The number of hydrogen-bond donors (Lipinski definition) is 1. The molecular weight excluding hydrogens is 280 g/mol. The molecule has 1 aromatic rings. The zero-order chi connectivity index (χ0) is 15.1. The Kier molecular flexibility index (Phi) is 3.61. The van der Waals surface area contributed by atoms with Crippen LogP contribution in [-0.4, -0.2) is 23.5 Å². The summed E-state index contributed by atoms with van der Waals surface area (Å²) in [5.41, 5.74) is -0.206. The Morgan fingerprint density at radius 2 is 2.05 bits per heavy atom. The third-order valence-electron chi connectivity index (χ3n) is 3.42. The van der Waals surface area contributed by atoms with Crippen molar-refractivity contribution in [3.8, 4) is 0 Å². The molecule has 20 heavy (non-hydrogen) atoms. The highest BCUT2D eigenvalue weighted by atomic mass is 35.5. The van der Waals surface area contributed by atoms with E-state index in [0.29, 0.717) is 16.1 Å². The number of halogens is 1. The first-order chi connectivity index (χ1) is 9.30. The lowest BCUT2D eigenvalue weighted by atomic mass is 9.71. The Labute approximate surface area is 122 Å². The lowest BCUT2D eigenvalue weighted by Crippen LogP contribution is -2.38. The number of fused-ring (bicyclic) bond motifs is 1. The highest BCUT2D eigenvalue weighted by Crippen LogP contribution is 2.40. The van der Waals surface area contributed by atoms with Crippen LogP contribution in [-0.2, 0) is 19.7 Å². The molecule has 1 aliphatic carbocycles. The number of ketones is 1. The maximum atomic E-state index is 12.5. The van der Waals surface area contributed by atoms with Gasteiger partial charge in [-0.25, -0.2) is 4.79 Å². The Balaban J connectivity index is 2.71. The number of hydrogen-bond acceptors (Lipinski definition) is 4. The molecule has 2 rings (SSSR count). The molecule has 0 unspecified atom stereocenters. The van der Waals surface area contributed by atoms with Gasteiger partial charge in [0.2, 0.25) is 0 Å². The minimum Gasteiger partial charge on any atom is -0.506 e. The van der Waals surface area contributed by atoms with Crippen molar-refractivity contribution >= 4 is 29.1 Å². The number of aliphatic hydroxyl groups is 1. The minimum atomic E-state index is -0.922. The van der Waals surface area contributed by atoms with E-state index in [1.165, 1.54) is 0 Å². The summed E-state index contributed by atoms with van der Waals surface area (Å²) in [6.07, 6.45) is 0. The first kappa shape index (κ1) is 14.6. The molecule has 1 N–H and O–H groups in total. The van der Waals surface area contributed by atoms with E-state index in [0.717, 1.165) is 0 Å². The molecule has 1 aromatic carbocycles. The number of esters is 1. The molecule has 106 valence electrons. The maximum Gasteiger partial charge on any atom is 0.345 e. The quantitative estimate of drug-likeness (QED) is 0.672. The standard InChI is InChI=1S/C15H15ClO4/c1-4-20-14(19)11-12(17)9-7-8(16)5-6-10(9)15(2,3)13(11)18/h5-7,17H,4H2,1-3H3. The second-order valence-electron chi connectivity index (χ2n) is 5.09. The molecule has 0 saturated heterocycles. The second-order valence-corrected chi connectivity index (χ2v) is 5.52. The SMILES string of the molecule is CCOC(=O)C1=C(O)c2cc(Cl)ccc2C(C)(C)C1=O. The molecular formula is C15H15ClO4. The smallest absolute Gasteiger partial charge is 0.345 e. The number of carbonyl (C=O) groups excluding carboxylic acids is 2. The van der Waals surface area contributed by atoms with Crippen molar-refractivity contribution in [2.75, 3.05) is 6.61 Å². The summed E-state index contributed by atoms with van der Waals surface area (Å²) in [4.78, 5) is 24.4. The van der Waals surface area contributed by atoms with E-state index in [9.17, 15) is 14.7 Å². The van der Waals surface area contributed by atoms with Crippen LogP contribution in [0.1, 0.15) is 31.9 Å². The van der Waals surface area contributed by atoms with Gasteiger partial charge in [0, 0.05) is 10.6 Å². The number of ether oxygens (including phenoxy) is 1. The predicted molar refractivity (Wildman–Crippen MR) is 75.7 cm³/mol. The average Bonchev–Trinajstić information content (AvgIpc) is 2.37. The number of carbonyl (C=O) groups is 2. The molecule has 0 fully saturated rings. The monoisotopic (exact) mass is 294 g/mol. The van der Waals surface area contributed by atoms with Gasteiger partial charge in [0.1, 0.15) is 11.3 Å². The van der Waals surface area contributed by atoms with Crippen LogP contribution in [0.4, 0.5) is 0 Å². The van der Waals surface area contributed by atoms with Gasteiger partial charge in [-0.2, -0.15) is 0 Å². The molecule has 1 aliphatic rings. The van der Waals surface area contributed by atoms with Gasteiger partial charge in [-0.1, -0.05) is 17.7 Å². The first-order valence-corrected chi connectivity index (χ1v) is 6.64. The highest BCUT2D eigenvalue weighted by Gasteiger charge is 2.43. The summed E-state index contributed by atoms with van der Waals surface area (Å²) in [5.74, 6) is -1.64. The highest BCUT2D eigenvalue weighted by molar-refractivity contribution is 6.31. The van der Waals surface area contributed by atoms with E-state index in [4.69, 9.17) is 16.3 Å². The summed E-state index contributed by atoms with van der Waals surface area (Å²) in [6.45, 7) is 5.17. The number of Topliss-reactive ketones (excluding diaryl/α,β-unsaturated/α-hetero) is 1. The van der Waals surface area contributed by atoms with E-state index in [-0.39, 0.29) is 17.9 Å². The van der Waals surface area contributed by atoms with E-state index in [1.54, 1.807) is 39.0 Å². The van der Waals surface area contributed by atoms with Crippen LogP contribution in [0.2, 0.25) is 5.02 Å². The molecule has 0 aromatic heterocycles. The van der Waals surface area contributed by atoms with Gasteiger partial charge in [-0.15, -0.1) is 0 Å². The fourth-order valence-electron chi connectivity index (χ4n) is 2.33. The topological polar surface area (TPSA) is 63.6 Å². The van der Waals surface area contributed by atoms with Crippen LogP contribution < -0.4 is 0 Å². The molecule has 0 bridgehead atoms. The van der Waals surface area contributed by atoms with Gasteiger partial charge in [0.15, 0.2) is 5.78 Å². The lowest BCUT2D eigenvalue weighted by Gasteiger charge is -2.31. The zero-order valence-corrected chi connectivity index (χ0v) is 12.2. The summed E-state index contributed by atoms with van der Waals surface area (Å²) in [7, 11) is 0. The summed E-state index contributed by atoms with van der Waals surface area (Å²) >= 11 is 5.93. The molecule has 0 radical (unpaired) electrons. The van der Waals surface area contributed by atoms with Gasteiger partial charge >= 0.3 is 5.97 Å². The minimum absolute atomic E-state index is 0.131. The average molecular weight is 295 g/mol. The number of rotatable bonds is 2. The summed E-state index contributed by atoms with van der Waals surface area (Å²) < 4.78 is 4.85. The molecule has 0 atom stereocenters. The predicted octanol–water partition coefficient (Wildman–Crippen LogP) is 3.03. The third kappa shape index (κ3) is 2.10. The molecule has 0 saturated carbocycles. The van der Waals surface area contributed by atoms with Crippen molar-refractivity contribution in [1.82, 2.24) is 0 Å². The van der Waals surface area contributed by atoms with Gasteiger partial charge in [-0.3, -0.25) is 4.79 Å². The van der Waals surface area contributed by atoms with Crippen molar-refractivity contribution in [1.29, 1.82) is 0 Å². The molecule has 0 amide bonds. The number of benzene rings is 1. The van der Waals surface area contributed by atoms with E-state index < -0.39 is 17.2 Å². The molecule has 0 spiro atoms. The van der Waals surface area contributed by atoms with Crippen LogP contribution in [0.25, 0.3) is 5.76 Å². The second kappa shape index (κ2) is 4.94. The third-order valence-corrected chi connectivity index (χ3v) is 3.66. The molecule has 4 nitrogen and oxygen atoms in total. The van der Waals surface area contributed by atoms with E-state index in [1.807, 2.05) is 0 Å². The summed E-state index contributed by atoms with van der Waals surface area (Å²) in [6, 6.07) is 4.88. The molecule has 0 aliphatic heterocycles. The Bertz CT molecular complexity index is 629. The van der Waals surface area contributed by atoms with Crippen molar-refractivity contribution in [3.05, 3.63) is 39.9 Å². The van der Waals surface area contributed by atoms with Gasteiger partial charge in [0.05, 0.1) is 12.0 Å². The van der Waals surface area contributed by atoms with Crippen molar-refractivity contribution in [2.45, 2.75) is 26.2 Å². The van der Waals surface area contributed by atoms with E-state index >= 15 is 0 Å². The van der Waals surface area contributed by atoms with Crippen LogP contribution in [0, 0.1) is 0 Å². The fourth-order valence-corrected chi connectivity index (χ4v) is 2.50. The van der Waals surface area contributed by atoms with Crippen molar-refractivity contribution in [3.63, 3.8) is 0 Å².